The van der Waals surface area contributed by atoms with Gasteiger partial charge in [0.1, 0.15) is 10.7 Å². The smallest absolute Gasteiger partial charge is 0.318 e. The normalized spacial score (nSPS) is 11.8. The van der Waals surface area contributed by atoms with Crippen molar-refractivity contribution in [1.29, 1.82) is 0 Å². The molecule has 0 aliphatic carbocycles. The van der Waals surface area contributed by atoms with E-state index in [0.29, 0.717) is 5.82 Å². The molecule has 5 aromatic rings. The molecular formula is C21H13F4N7OS. The maximum atomic E-state index is 14.7. The van der Waals surface area contributed by atoms with Gasteiger partial charge in [0.05, 0.1) is 23.6 Å². The minimum absolute atomic E-state index is 0.0357. The van der Waals surface area contributed by atoms with Crippen molar-refractivity contribution in [3.8, 4) is 22.0 Å². The predicted octanol–water partition coefficient (Wildman–Crippen LogP) is 4.66. The number of rotatable bonds is 4. The number of carbonyl (C=O) groups excluding carboxylic acids is 1. The van der Waals surface area contributed by atoms with Gasteiger partial charge in [-0.15, -0.1) is 16.4 Å². The SMILES string of the molecule is Cn1ncc(-c2nc(C(F)(F)F)cs2)c1C(=O)Nc1cc2nc(-c3ccccc3)nn2cc1F. The topological polar surface area (TPSA) is 90.0 Å². The first-order valence-corrected chi connectivity index (χ1v) is 10.6. The van der Waals surface area contributed by atoms with Crippen LogP contribution in [0.3, 0.4) is 0 Å². The summed E-state index contributed by atoms with van der Waals surface area (Å²) in [5, 5.41) is 11.5. The molecule has 0 saturated carbocycles. The molecule has 0 radical (unpaired) electrons. The van der Waals surface area contributed by atoms with E-state index < -0.39 is 23.6 Å². The molecule has 0 bridgehead atoms. The number of benzene rings is 1. The van der Waals surface area contributed by atoms with Gasteiger partial charge in [-0.1, -0.05) is 30.3 Å². The van der Waals surface area contributed by atoms with Crippen LogP contribution in [0.5, 0.6) is 0 Å². The van der Waals surface area contributed by atoms with Crippen LogP contribution < -0.4 is 5.32 Å². The maximum Gasteiger partial charge on any atom is 0.434 e. The average Bonchev–Trinajstić information content (AvgIpc) is 3.52. The van der Waals surface area contributed by atoms with E-state index >= 15 is 0 Å². The Hall–Kier alpha value is -4.13. The molecule has 4 aromatic heterocycles. The van der Waals surface area contributed by atoms with Crippen molar-refractivity contribution in [3.05, 3.63) is 71.4 Å². The average molecular weight is 487 g/mol. The third-order valence-corrected chi connectivity index (χ3v) is 5.76. The Morgan fingerprint density at radius 1 is 1.15 bits per heavy atom. The van der Waals surface area contributed by atoms with Gasteiger partial charge in [0, 0.05) is 24.1 Å². The van der Waals surface area contributed by atoms with E-state index in [-0.39, 0.29) is 27.6 Å². The Labute approximate surface area is 192 Å². The van der Waals surface area contributed by atoms with E-state index in [4.69, 9.17) is 0 Å². The highest BCUT2D eigenvalue weighted by Gasteiger charge is 2.34. The second kappa shape index (κ2) is 8.02. The first-order chi connectivity index (χ1) is 16.2. The van der Waals surface area contributed by atoms with Crippen LogP contribution in [-0.4, -0.2) is 35.3 Å². The molecule has 0 saturated heterocycles. The number of nitrogens with zero attached hydrogens (tertiary/aromatic N) is 6. The highest BCUT2D eigenvalue weighted by Crippen LogP contribution is 2.34. The zero-order valence-electron chi connectivity index (χ0n) is 17.2. The van der Waals surface area contributed by atoms with Gasteiger partial charge in [0.2, 0.25) is 0 Å². The van der Waals surface area contributed by atoms with Crippen molar-refractivity contribution in [2.75, 3.05) is 5.32 Å². The molecule has 1 amide bonds. The van der Waals surface area contributed by atoms with Gasteiger partial charge >= 0.3 is 6.18 Å². The van der Waals surface area contributed by atoms with E-state index in [1.807, 2.05) is 18.2 Å². The van der Waals surface area contributed by atoms with Crippen molar-refractivity contribution < 1.29 is 22.4 Å². The van der Waals surface area contributed by atoms with E-state index in [1.54, 1.807) is 12.1 Å². The Balaban J connectivity index is 1.47. The number of nitrogens with one attached hydrogen (secondary N) is 1. The lowest BCUT2D eigenvalue weighted by molar-refractivity contribution is -0.140. The standard InChI is InChI=1S/C21H13F4N7OS/c1-31-17(12(8-26-31)20-28-15(10-34-20)21(23,24)25)19(33)27-14-7-16-29-18(11-5-3-2-4-6-11)30-32(16)9-13(14)22/h2-10H,1H3,(H,27,33). The fourth-order valence-corrected chi connectivity index (χ4v) is 4.12. The first kappa shape index (κ1) is 21.7. The molecule has 172 valence electrons. The Morgan fingerprint density at radius 2 is 1.91 bits per heavy atom. The van der Waals surface area contributed by atoms with Crippen LogP contribution in [0, 0.1) is 5.82 Å². The molecule has 0 fully saturated rings. The lowest BCUT2D eigenvalue weighted by atomic mass is 10.2. The number of alkyl halides is 3. The van der Waals surface area contributed by atoms with Crippen molar-refractivity contribution in [3.63, 3.8) is 0 Å². The number of carbonyl (C=O) groups is 1. The van der Waals surface area contributed by atoms with Gasteiger partial charge in [-0.05, 0) is 0 Å². The molecule has 1 N–H and O–H groups in total. The highest BCUT2D eigenvalue weighted by molar-refractivity contribution is 7.13. The third-order valence-electron chi connectivity index (χ3n) is 4.88. The molecule has 34 heavy (non-hydrogen) atoms. The highest BCUT2D eigenvalue weighted by atomic mass is 32.1. The Bertz CT molecular complexity index is 1520. The number of pyridine rings is 1. The van der Waals surface area contributed by atoms with E-state index in [2.05, 4.69) is 25.5 Å². The second-order valence-electron chi connectivity index (χ2n) is 7.16. The van der Waals surface area contributed by atoms with Gasteiger partial charge in [0.15, 0.2) is 23.0 Å². The second-order valence-corrected chi connectivity index (χ2v) is 8.02. The van der Waals surface area contributed by atoms with Crippen LogP contribution >= 0.6 is 11.3 Å². The summed E-state index contributed by atoms with van der Waals surface area (Å²) < 4.78 is 56.0. The molecular weight excluding hydrogens is 474 g/mol. The molecule has 0 aliphatic rings. The van der Waals surface area contributed by atoms with E-state index in [1.165, 1.54) is 28.5 Å². The third kappa shape index (κ3) is 3.90. The predicted molar refractivity (Wildman–Crippen MR) is 116 cm³/mol. The number of hydrogen-bond donors (Lipinski definition) is 1. The minimum Gasteiger partial charge on any atom is -0.318 e. The molecule has 0 aliphatic heterocycles. The van der Waals surface area contributed by atoms with Crippen LogP contribution in [0.1, 0.15) is 16.2 Å². The number of hydrogen-bond acceptors (Lipinski definition) is 6. The lowest BCUT2D eigenvalue weighted by Crippen LogP contribution is -2.18. The van der Waals surface area contributed by atoms with Crippen molar-refractivity contribution >= 4 is 28.6 Å². The van der Waals surface area contributed by atoms with Crippen molar-refractivity contribution in [2.24, 2.45) is 7.05 Å². The van der Waals surface area contributed by atoms with Gasteiger partial charge in [-0.2, -0.15) is 18.3 Å². The van der Waals surface area contributed by atoms with E-state index in [0.717, 1.165) is 28.5 Å². The molecule has 13 heteroatoms. The quantitative estimate of drug-likeness (QED) is 0.373. The van der Waals surface area contributed by atoms with Gasteiger partial charge in [-0.3, -0.25) is 9.48 Å². The molecule has 0 unspecified atom stereocenters. The summed E-state index contributed by atoms with van der Waals surface area (Å²) in [5.41, 5.74) is -0.203. The lowest BCUT2D eigenvalue weighted by Gasteiger charge is -2.08. The van der Waals surface area contributed by atoms with Gasteiger partial charge in [0.25, 0.3) is 5.91 Å². The summed E-state index contributed by atoms with van der Waals surface area (Å²) >= 11 is 0.726. The van der Waals surface area contributed by atoms with E-state index in [9.17, 15) is 22.4 Å². The number of aromatic nitrogens is 6. The van der Waals surface area contributed by atoms with Crippen LogP contribution in [0.25, 0.3) is 27.6 Å². The molecule has 5 rings (SSSR count). The first-order valence-electron chi connectivity index (χ1n) is 9.68. The minimum atomic E-state index is -4.62. The fraction of sp³-hybridized carbons (Fsp3) is 0.0952. The van der Waals surface area contributed by atoms with Crippen LogP contribution in [0.2, 0.25) is 0 Å². The number of aryl methyl sites for hydroxylation is 1. The summed E-state index contributed by atoms with van der Waals surface area (Å²) in [6, 6.07) is 10.4. The molecule has 1 aromatic carbocycles. The molecule has 0 spiro atoms. The monoisotopic (exact) mass is 487 g/mol. The van der Waals surface area contributed by atoms with Crippen LogP contribution in [0.4, 0.5) is 23.2 Å². The summed E-state index contributed by atoms with van der Waals surface area (Å²) in [6.07, 6.45) is -2.31. The molecule has 4 heterocycles. The summed E-state index contributed by atoms with van der Waals surface area (Å²) in [7, 11) is 1.45. The zero-order valence-corrected chi connectivity index (χ0v) is 18.0. The number of thiazole rings is 1. The van der Waals surface area contributed by atoms with Crippen molar-refractivity contribution in [1.82, 2.24) is 29.4 Å². The number of halogens is 4. The number of fused-ring (bicyclic) bond motifs is 1. The maximum absolute atomic E-state index is 14.7. The number of anilines is 1. The zero-order chi connectivity index (χ0) is 24.0. The molecule has 0 atom stereocenters. The summed E-state index contributed by atoms with van der Waals surface area (Å²) in [5.74, 6) is -1.17. The summed E-state index contributed by atoms with van der Waals surface area (Å²) in [4.78, 5) is 20.9. The van der Waals surface area contributed by atoms with Gasteiger partial charge in [-0.25, -0.2) is 18.9 Å². The number of amides is 1. The van der Waals surface area contributed by atoms with Crippen molar-refractivity contribution in [2.45, 2.75) is 6.18 Å². The largest absolute Gasteiger partial charge is 0.434 e. The Kier molecular flexibility index (Phi) is 5.12. The summed E-state index contributed by atoms with van der Waals surface area (Å²) in [6.45, 7) is 0. The Morgan fingerprint density at radius 3 is 2.62 bits per heavy atom. The van der Waals surface area contributed by atoms with Crippen LogP contribution in [0.15, 0.2) is 54.2 Å². The van der Waals surface area contributed by atoms with Crippen LogP contribution in [-0.2, 0) is 13.2 Å². The van der Waals surface area contributed by atoms with Gasteiger partial charge < -0.3 is 5.32 Å². The fourth-order valence-electron chi connectivity index (χ4n) is 3.28. The molecule has 8 nitrogen and oxygen atoms in total.